The Morgan fingerprint density at radius 2 is 1.74 bits per heavy atom. The molecule has 3 rings (SSSR count). The molecule has 35 heavy (non-hydrogen) atoms. The van der Waals surface area contributed by atoms with Crippen molar-refractivity contribution in [2.75, 3.05) is 48.0 Å². The van der Waals surface area contributed by atoms with E-state index in [-0.39, 0.29) is 11.3 Å². The van der Waals surface area contributed by atoms with E-state index in [1.54, 1.807) is 50.6 Å². The molecule has 1 amide bonds. The van der Waals surface area contributed by atoms with Crippen LogP contribution in [0.1, 0.15) is 36.9 Å². The number of amides is 1. The van der Waals surface area contributed by atoms with Crippen molar-refractivity contribution < 1.29 is 28.9 Å². The van der Waals surface area contributed by atoms with Crippen molar-refractivity contribution in [2.45, 2.75) is 25.8 Å². The van der Waals surface area contributed by atoms with E-state index < -0.39 is 17.7 Å². The zero-order valence-electron chi connectivity index (χ0n) is 21.0. The number of nitrogens with zero attached hydrogens (tertiary/aromatic N) is 2. The molecule has 2 aromatic rings. The van der Waals surface area contributed by atoms with E-state index in [1.165, 1.54) is 4.90 Å². The van der Waals surface area contributed by atoms with Gasteiger partial charge in [0.05, 0.1) is 32.4 Å². The second-order valence-corrected chi connectivity index (χ2v) is 8.64. The summed E-state index contributed by atoms with van der Waals surface area (Å²) in [5, 5.41) is 11.2. The smallest absolute Gasteiger partial charge is 0.295 e. The van der Waals surface area contributed by atoms with E-state index >= 15 is 0 Å². The van der Waals surface area contributed by atoms with Gasteiger partial charge in [0, 0.05) is 12.1 Å². The minimum atomic E-state index is -0.756. The van der Waals surface area contributed by atoms with Gasteiger partial charge in [0.2, 0.25) is 0 Å². The van der Waals surface area contributed by atoms with Crippen molar-refractivity contribution in [3.05, 3.63) is 59.2 Å². The molecule has 8 nitrogen and oxygen atoms in total. The highest BCUT2D eigenvalue weighted by Gasteiger charge is 2.46. The van der Waals surface area contributed by atoms with Crippen molar-refractivity contribution in [1.29, 1.82) is 0 Å². The summed E-state index contributed by atoms with van der Waals surface area (Å²) >= 11 is 0. The minimum Gasteiger partial charge on any atom is -0.507 e. The van der Waals surface area contributed by atoms with Gasteiger partial charge >= 0.3 is 0 Å². The lowest BCUT2D eigenvalue weighted by atomic mass is 9.95. The lowest BCUT2D eigenvalue weighted by Gasteiger charge is -2.26. The zero-order chi connectivity index (χ0) is 25.5. The van der Waals surface area contributed by atoms with Crippen molar-refractivity contribution in [3.8, 4) is 17.2 Å². The number of hydrogen-bond acceptors (Lipinski definition) is 7. The van der Waals surface area contributed by atoms with Crippen LogP contribution in [-0.4, -0.2) is 74.6 Å². The van der Waals surface area contributed by atoms with Crippen LogP contribution in [0.5, 0.6) is 17.2 Å². The van der Waals surface area contributed by atoms with Crippen LogP contribution in [0.2, 0.25) is 0 Å². The zero-order valence-corrected chi connectivity index (χ0v) is 21.0. The highest BCUT2D eigenvalue weighted by Crippen LogP contribution is 2.42. The Balaban J connectivity index is 2.10. The van der Waals surface area contributed by atoms with Crippen LogP contribution < -0.4 is 14.2 Å². The Bertz CT molecular complexity index is 1080. The monoisotopic (exact) mass is 482 g/mol. The molecule has 1 aliphatic heterocycles. The first kappa shape index (κ1) is 26.1. The number of ketones is 1. The van der Waals surface area contributed by atoms with E-state index in [0.29, 0.717) is 47.9 Å². The normalized spacial score (nSPS) is 17.2. The molecule has 0 bridgehead atoms. The molecule has 0 radical (unpaired) electrons. The molecule has 188 valence electrons. The van der Waals surface area contributed by atoms with Gasteiger partial charge in [-0.25, -0.2) is 0 Å². The number of ether oxygens (including phenoxy) is 3. The molecule has 0 spiro atoms. The summed E-state index contributed by atoms with van der Waals surface area (Å²) in [5.41, 5.74) is 1.14. The van der Waals surface area contributed by atoms with E-state index in [9.17, 15) is 14.7 Å². The van der Waals surface area contributed by atoms with Gasteiger partial charge < -0.3 is 29.1 Å². The number of carbonyl (C=O) groups is 2. The summed E-state index contributed by atoms with van der Waals surface area (Å²) < 4.78 is 16.5. The third-order valence-electron chi connectivity index (χ3n) is 5.87. The second-order valence-electron chi connectivity index (χ2n) is 8.64. The van der Waals surface area contributed by atoms with E-state index in [4.69, 9.17) is 14.2 Å². The molecule has 0 aliphatic carbocycles. The minimum absolute atomic E-state index is 0.0503. The molecule has 1 heterocycles. The summed E-state index contributed by atoms with van der Waals surface area (Å²) in [6, 6.07) is 11.3. The van der Waals surface area contributed by atoms with Crippen molar-refractivity contribution in [3.63, 3.8) is 0 Å². The lowest BCUT2D eigenvalue weighted by Crippen LogP contribution is -2.32. The van der Waals surface area contributed by atoms with E-state index in [1.807, 2.05) is 32.0 Å². The second kappa shape index (κ2) is 11.8. The Kier molecular flexibility index (Phi) is 8.76. The van der Waals surface area contributed by atoms with Crippen LogP contribution in [0, 0.1) is 0 Å². The molecule has 1 aliphatic rings. The van der Waals surface area contributed by atoms with Crippen molar-refractivity contribution in [1.82, 2.24) is 9.80 Å². The van der Waals surface area contributed by atoms with Crippen molar-refractivity contribution in [2.24, 2.45) is 0 Å². The van der Waals surface area contributed by atoms with Gasteiger partial charge in [-0.1, -0.05) is 13.0 Å². The van der Waals surface area contributed by atoms with Gasteiger partial charge in [-0.3, -0.25) is 9.59 Å². The van der Waals surface area contributed by atoms with Gasteiger partial charge in [0.25, 0.3) is 11.7 Å². The summed E-state index contributed by atoms with van der Waals surface area (Å²) in [4.78, 5) is 29.9. The SMILES string of the molecule is CCCOc1ccc([C@H]2C(=C(O)c3ccc(OC)cc3)C(=O)C(=O)N2CCCN(C)C)cc1OC. The lowest BCUT2D eigenvalue weighted by molar-refractivity contribution is -0.139. The number of rotatable bonds is 11. The maximum atomic E-state index is 13.2. The van der Waals surface area contributed by atoms with Crippen LogP contribution in [0.3, 0.4) is 0 Å². The van der Waals surface area contributed by atoms with Gasteiger partial charge in [-0.2, -0.15) is 0 Å². The number of Topliss-reactive ketones (excluding diaryl/α,β-unsaturated/α-hetero) is 1. The summed E-state index contributed by atoms with van der Waals surface area (Å²) in [7, 11) is 7.00. The first-order valence-electron chi connectivity index (χ1n) is 11.7. The molecule has 2 aromatic carbocycles. The van der Waals surface area contributed by atoms with Crippen molar-refractivity contribution >= 4 is 17.4 Å². The first-order valence-corrected chi connectivity index (χ1v) is 11.7. The molecular weight excluding hydrogens is 448 g/mol. The molecular formula is C27H34N2O6. The Hall–Kier alpha value is -3.52. The maximum absolute atomic E-state index is 13.2. The predicted molar refractivity (Wildman–Crippen MR) is 134 cm³/mol. The molecule has 0 unspecified atom stereocenters. The average molecular weight is 483 g/mol. The topological polar surface area (TPSA) is 88.5 Å². The van der Waals surface area contributed by atoms with Crippen LogP contribution in [0.15, 0.2) is 48.0 Å². The number of carbonyl (C=O) groups excluding carboxylic acids is 2. The van der Waals surface area contributed by atoms with Gasteiger partial charge in [-0.15, -0.1) is 0 Å². The number of benzene rings is 2. The van der Waals surface area contributed by atoms with Crippen LogP contribution in [0.4, 0.5) is 0 Å². The van der Waals surface area contributed by atoms with Crippen LogP contribution >= 0.6 is 0 Å². The number of aliphatic hydroxyl groups is 1. The summed E-state index contributed by atoms with van der Waals surface area (Å²) in [6.07, 6.45) is 1.52. The molecule has 1 atom stereocenters. The third-order valence-corrected chi connectivity index (χ3v) is 5.87. The Labute approximate surface area is 206 Å². The molecule has 0 saturated carbocycles. The fourth-order valence-electron chi connectivity index (χ4n) is 4.10. The standard InChI is InChI=1S/C27H34N2O6/c1-6-16-35-21-13-10-19(17-22(21)34-5)24-23(25(30)18-8-11-20(33-4)12-9-18)26(31)27(32)29(24)15-7-14-28(2)3/h8-13,17,24,30H,6-7,14-16H2,1-5H3/t24-/m0/s1. The summed E-state index contributed by atoms with van der Waals surface area (Å²) in [6.45, 7) is 3.67. The van der Waals surface area contributed by atoms with E-state index in [0.717, 1.165) is 13.0 Å². The van der Waals surface area contributed by atoms with Gasteiger partial charge in [-0.05, 0) is 75.4 Å². The quantitative estimate of drug-likeness (QED) is 0.296. The largest absolute Gasteiger partial charge is 0.507 e. The van der Waals surface area contributed by atoms with Crippen LogP contribution in [-0.2, 0) is 9.59 Å². The molecule has 0 aromatic heterocycles. The highest BCUT2D eigenvalue weighted by atomic mass is 16.5. The fourth-order valence-corrected chi connectivity index (χ4v) is 4.10. The third kappa shape index (κ3) is 5.77. The summed E-state index contributed by atoms with van der Waals surface area (Å²) in [5.74, 6) is 0.135. The maximum Gasteiger partial charge on any atom is 0.295 e. The Morgan fingerprint density at radius 3 is 2.34 bits per heavy atom. The first-order chi connectivity index (χ1) is 16.8. The van der Waals surface area contributed by atoms with Gasteiger partial charge in [0.15, 0.2) is 11.5 Å². The Morgan fingerprint density at radius 1 is 1.03 bits per heavy atom. The van der Waals surface area contributed by atoms with E-state index in [2.05, 4.69) is 0 Å². The highest BCUT2D eigenvalue weighted by molar-refractivity contribution is 6.46. The molecule has 8 heteroatoms. The molecule has 1 N–H and O–H groups in total. The number of hydrogen-bond donors (Lipinski definition) is 1. The number of methoxy groups -OCH3 is 2. The predicted octanol–water partition coefficient (Wildman–Crippen LogP) is 3.87. The average Bonchev–Trinajstić information content (AvgIpc) is 3.11. The number of likely N-dealkylation sites (tertiary alicyclic amines) is 1. The number of aliphatic hydroxyl groups excluding tert-OH is 1. The molecule has 1 saturated heterocycles. The fraction of sp³-hybridized carbons (Fsp3) is 0.407. The molecule has 1 fully saturated rings. The van der Waals surface area contributed by atoms with Gasteiger partial charge in [0.1, 0.15) is 11.5 Å². The van der Waals surface area contributed by atoms with Crippen LogP contribution in [0.25, 0.3) is 5.76 Å².